The van der Waals surface area contributed by atoms with Crippen LogP contribution in [0.1, 0.15) is 26.7 Å². The van der Waals surface area contributed by atoms with Crippen LogP contribution >= 0.6 is 0 Å². The van der Waals surface area contributed by atoms with Gasteiger partial charge in [-0.05, 0) is 26.7 Å². The van der Waals surface area contributed by atoms with Gasteiger partial charge in [0.05, 0.1) is 6.10 Å². The highest BCUT2D eigenvalue weighted by molar-refractivity contribution is 5.13. The molecule has 3 fully saturated rings. The van der Waals surface area contributed by atoms with Crippen LogP contribution in [-0.2, 0) is 18.9 Å². The van der Waals surface area contributed by atoms with Crippen LogP contribution in [-0.4, -0.2) is 48.2 Å². The number of hydrogen-bond donors (Lipinski definition) is 1. The van der Waals surface area contributed by atoms with Crippen molar-refractivity contribution in [1.82, 2.24) is 0 Å². The van der Waals surface area contributed by atoms with Gasteiger partial charge >= 0.3 is 0 Å². The molecule has 16 heavy (non-hydrogen) atoms. The van der Waals surface area contributed by atoms with Crippen LogP contribution in [0.2, 0.25) is 0 Å². The molecule has 2 aliphatic heterocycles. The molecule has 0 aromatic carbocycles. The van der Waals surface area contributed by atoms with Gasteiger partial charge in [0.2, 0.25) is 0 Å². The van der Waals surface area contributed by atoms with Gasteiger partial charge in [0.15, 0.2) is 12.1 Å². The molecule has 2 heterocycles. The largest absolute Gasteiger partial charge is 0.390 e. The molecule has 0 aromatic rings. The Labute approximate surface area is 94.6 Å². The fourth-order valence-corrected chi connectivity index (χ4v) is 2.93. The number of hydrogen-bond acceptors (Lipinski definition) is 5. The van der Waals surface area contributed by atoms with Crippen molar-refractivity contribution in [2.75, 3.05) is 7.11 Å². The van der Waals surface area contributed by atoms with Crippen LogP contribution < -0.4 is 0 Å². The number of fused-ring (bicyclic) bond motifs is 2. The Morgan fingerprint density at radius 2 is 2.00 bits per heavy atom. The molecule has 1 N–H and O–H groups in total. The fraction of sp³-hybridized carbons (Fsp3) is 1.00. The van der Waals surface area contributed by atoms with Crippen LogP contribution in [0.4, 0.5) is 0 Å². The summed E-state index contributed by atoms with van der Waals surface area (Å²) in [6.07, 6.45) is 0.170. The summed E-state index contributed by atoms with van der Waals surface area (Å²) in [7, 11) is 1.58. The molecular weight excluding hydrogens is 212 g/mol. The first-order chi connectivity index (χ1) is 7.48. The Morgan fingerprint density at radius 3 is 2.50 bits per heavy atom. The van der Waals surface area contributed by atoms with Gasteiger partial charge in [-0.2, -0.15) is 0 Å². The van der Waals surface area contributed by atoms with Gasteiger partial charge in [-0.3, -0.25) is 0 Å². The second-order valence-corrected chi connectivity index (χ2v) is 5.25. The highest BCUT2D eigenvalue weighted by atomic mass is 16.8. The first kappa shape index (κ1) is 10.9. The SMILES string of the molecule is CO[C@@H]1O[C@]2(CC[C@@H]2O)[C@@H]2OC(C)(C)OC12. The summed E-state index contributed by atoms with van der Waals surface area (Å²) in [4.78, 5) is 0. The van der Waals surface area contributed by atoms with E-state index in [2.05, 4.69) is 0 Å². The maximum Gasteiger partial charge on any atom is 0.187 e. The van der Waals surface area contributed by atoms with Crippen molar-refractivity contribution in [3.05, 3.63) is 0 Å². The lowest BCUT2D eigenvalue weighted by Gasteiger charge is -2.45. The summed E-state index contributed by atoms with van der Waals surface area (Å²) in [5.41, 5.74) is -0.612. The molecule has 5 heteroatoms. The predicted octanol–water partition coefficient (Wildman–Crippen LogP) is 0.403. The average Bonchev–Trinajstić information content (AvgIpc) is 2.68. The standard InChI is InChI=1S/C11H18O5/c1-10(2)14-7-8(15-10)11(5-4-6(11)12)16-9(7)13-3/h6-9,12H,4-5H2,1-3H3/t6-,7?,8+,9+,11-/m0/s1. The van der Waals surface area contributed by atoms with Gasteiger partial charge in [0, 0.05) is 7.11 Å². The van der Waals surface area contributed by atoms with Crippen LogP contribution in [0.3, 0.4) is 0 Å². The quantitative estimate of drug-likeness (QED) is 0.706. The van der Waals surface area contributed by atoms with Crippen molar-refractivity contribution < 1.29 is 24.1 Å². The van der Waals surface area contributed by atoms with Crippen LogP contribution in [0, 0.1) is 0 Å². The lowest BCUT2D eigenvalue weighted by molar-refractivity contribution is -0.289. The summed E-state index contributed by atoms with van der Waals surface area (Å²) in [5, 5.41) is 9.91. The zero-order valence-electron chi connectivity index (χ0n) is 9.80. The molecule has 1 aliphatic carbocycles. The predicted molar refractivity (Wildman–Crippen MR) is 53.7 cm³/mol. The number of methoxy groups -OCH3 is 1. The van der Waals surface area contributed by atoms with Gasteiger partial charge in [0.25, 0.3) is 0 Å². The van der Waals surface area contributed by atoms with Gasteiger partial charge < -0.3 is 24.1 Å². The third-order valence-electron chi connectivity index (χ3n) is 3.82. The maximum absolute atomic E-state index is 9.91. The van der Waals surface area contributed by atoms with E-state index in [0.717, 1.165) is 12.8 Å². The second-order valence-electron chi connectivity index (χ2n) is 5.25. The van der Waals surface area contributed by atoms with Crippen LogP contribution in [0.25, 0.3) is 0 Å². The Balaban J connectivity index is 1.89. The second kappa shape index (κ2) is 3.17. The first-order valence-corrected chi connectivity index (χ1v) is 5.73. The van der Waals surface area contributed by atoms with Gasteiger partial charge in [-0.1, -0.05) is 0 Å². The highest BCUT2D eigenvalue weighted by Gasteiger charge is 2.68. The minimum Gasteiger partial charge on any atom is -0.390 e. The van der Waals surface area contributed by atoms with E-state index in [1.807, 2.05) is 13.8 Å². The van der Waals surface area contributed by atoms with Crippen molar-refractivity contribution in [2.45, 2.75) is 62.7 Å². The highest BCUT2D eigenvalue weighted by Crippen LogP contribution is 2.52. The summed E-state index contributed by atoms with van der Waals surface area (Å²) in [6.45, 7) is 3.74. The third kappa shape index (κ3) is 1.23. The van der Waals surface area contributed by atoms with Gasteiger partial charge in [0.1, 0.15) is 17.8 Å². The summed E-state index contributed by atoms with van der Waals surface area (Å²) in [6, 6.07) is 0. The normalized spacial score (nSPS) is 54.0. The molecule has 92 valence electrons. The summed E-state index contributed by atoms with van der Waals surface area (Å²) >= 11 is 0. The van der Waals surface area contributed by atoms with Crippen LogP contribution in [0.5, 0.6) is 0 Å². The van der Waals surface area contributed by atoms with Crippen molar-refractivity contribution in [2.24, 2.45) is 0 Å². The van der Waals surface area contributed by atoms with Crippen molar-refractivity contribution >= 4 is 0 Å². The van der Waals surface area contributed by atoms with E-state index in [4.69, 9.17) is 18.9 Å². The molecule has 0 amide bonds. The molecule has 1 unspecified atom stereocenters. The zero-order chi connectivity index (χ0) is 11.6. The molecule has 2 saturated heterocycles. The van der Waals surface area contributed by atoms with Crippen molar-refractivity contribution in [3.63, 3.8) is 0 Å². The Kier molecular flexibility index (Phi) is 2.17. The molecule has 1 spiro atoms. The van der Waals surface area contributed by atoms with E-state index in [1.54, 1.807) is 7.11 Å². The lowest BCUT2D eigenvalue weighted by atomic mass is 9.73. The van der Waals surface area contributed by atoms with Crippen molar-refractivity contribution in [3.8, 4) is 0 Å². The lowest BCUT2D eigenvalue weighted by Crippen LogP contribution is -2.59. The molecule has 3 aliphatic rings. The van der Waals surface area contributed by atoms with Crippen LogP contribution in [0.15, 0.2) is 0 Å². The van der Waals surface area contributed by atoms with E-state index in [-0.39, 0.29) is 12.2 Å². The number of aliphatic hydroxyl groups excluding tert-OH is 1. The first-order valence-electron chi connectivity index (χ1n) is 5.73. The minimum absolute atomic E-state index is 0.226. The van der Waals surface area contributed by atoms with E-state index in [9.17, 15) is 5.11 Å². The summed E-state index contributed by atoms with van der Waals surface area (Å²) in [5.74, 6) is -0.627. The van der Waals surface area contributed by atoms with Gasteiger partial charge in [-0.15, -0.1) is 0 Å². The molecule has 0 bridgehead atoms. The van der Waals surface area contributed by atoms with Crippen molar-refractivity contribution in [1.29, 1.82) is 0 Å². The van der Waals surface area contributed by atoms with E-state index < -0.39 is 23.8 Å². The molecule has 0 radical (unpaired) electrons. The Morgan fingerprint density at radius 1 is 1.25 bits per heavy atom. The number of ether oxygens (including phenoxy) is 4. The molecule has 5 nitrogen and oxygen atoms in total. The van der Waals surface area contributed by atoms with Gasteiger partial charge in [-0.25, -0.2) is 0 Å². The fourth-order valence-electron chi connectivity index (χ4n) is 2.93. The topological polar surface area (TPSA) is 57.2 Å². The zero-order valence-corrected chi connectivity index (χ0v) is 9.80. The Hall–Kier alpha value is -0.200. The maximum atomic E-state index is 9.91. The minimum atomic E-state index is -0.627. The number of aliphatic hydroxyl groups is 1. The van der Waals surface area contributed by atoms with E-state index in [0.29, 0.717) is 0 Å². The number of rotatable bonds is 1. The molecule has 3 rings (SSSR count). The monoisotopic (exact) mass is 230 g/mol. The Bertz CT molecular complexity index is 305. The average molecular weight is 230 g/mol. The molecule has 0 aromatic heterocycles. The van der Waals surface area contributed by atoms with E-state index in [1.165, 1.54) is 0 Å². The smallest absolute Gasteiger partial charge is 0.187 e. The molecular formula is C11H18O5. The molecule has 5 atom stereocenters. The third-order valence-corrected chi connectivity index (χ3v) is 3.82. The summed E-state index contributed by atoms with van der Waals surface area (Å²) < 4.78 is 22.7. The molecule has 1 saturated carbocycles. The van der Waals surface area contributed by atoms with E-state index >= 15 is 0 Å².